The van der Waals surface area contributed by atoms with Crippen molar-refractivity contribution in [2.75, 3.05) is 0 Å². The lowest BCUT2D eigenvalue weighted by molar-refractivity contribution is 0.484. The van der Waals surface area contributed by atoms with Crippen LogP contribution >= 0.6 is 0 Å². The quantitative estimate of drug-likeness (QED) is 0.840. The highest BCUT2D eigenvalue weighted by Crippen LogP contribution is 2.24. The molecule has 1 aromatic rings. The van der Waals surface area contributed by atoms with Gasteiger partial charge in [0, 0.05) is 12.1 Å². The first-order chi connectivity index (χ1) is 9.88. The van der Waals surface area contributed by atoms with Crippen molar-refractivity contribution in [1.29, 1.82) is 0 Å². The number of benzene rings is 1. The Morgan fingerprint density at radius 3 is 2.43 bits per heavy atom. The van der Waals surface area contributed by atoms with Crippen molar-refractivity contribution >= 4 is 10.0 Å². The molecular formula is C16H26N2O2S. The molecule has 0 aliphatic heterocycles. The van der Waals surface area contributed by atoms with Crippen molar-refractivity contribution < 1.29 is 8.42 Å². The number of hydrogen-bond donors (Lipinski definition) is 2. The summed E-state index contributed by atoms with van der Waals surface area (Å²) in [6, 6.07) is 6.83. The van der Waals surface area contributed by atoms with E-state index >= 15 is 0 Å². The van der Waals surface area contributed by atoms with E-state index in [1.54, 1.807) is 24.3 Å². The minimum atomic E-state index is -3.43. The Morgan fingerprint density at radius 2 is 1.81 bits per heavy atom. The van der Waals surface area contributed by atoms with E-state index in [0.29, 0.717) is 10.8 Å². The van der Waals surface area contributed by atoms with Gasteiger partial charge in [0.05, 0.1) is 4.90 Å². The van der Waals surface area contributed by atoms with Gasteiger partial charge in [-0.05, 0) is 49.8 Å². The van der Waals surface area contributed by atoms with Crippen LogP contribution in [0.2, 0.25) is 0 Å². The second-order valence-electron chi connectivity index (χ2n) is 6.29. The molecule has 0 saturated heterocycles. The lowest BCUT2D eigenvalue weighted by atomic mass is 10.0. The van der Waals surface area contributed by atoms with Crippen molar-refractivity contribution in [3.63, 3.8) is 0 Å². The number of nitrogens with two attached hydrogens (primary N) is 1. The first-order valence-electron chi connectivity index (χ1n) is 7.76. The molecule has 0 amide bonds. The molecule has 4 nitrogen and oxygen atoms in total. The summed E-state index contributed by atoms with van der Waals surface area (Å²) < 4.78 is 27.7. The fourth-order valence-corrected chi connectivity index (χ4v) is 4.15. The van der Waals surface area contributed by atoms with Gasteiger partial charge < -0.3 is 5.73 Å². The maximum Gasteiger partial charge on any atom is 0.240 e. The molecule has 0 aromatic heterocycles. The molecule has 1 saturated carbocycles. The summed E-state index contributed by atoms with van der Waals surface area (Å²) >= 11 is 0. The van der Waals surface area contributed by atoms with Crippen molar-refractivity contribution in [2.24, 2.45) is 11.7 Å². The summed E-state index contributed by atoms with van der Waals surface area (Å²) in [6.07, 6.45) is 5.25. The van der Waals surface area contributed by atoms with Crippen LogP contribution in [-0.4, -0.2) is 14.5 Å². The van der Waals surface area contributed by atoms with E-state index < -0.39 is 10.0 Å². The third kappa shape index (κ3) is 4.53. The van der Waals surface area contributed by atoms with Crippen LogP contribution in [0.15, 0.2) is 29.2 Å². The minimum Gasteiger partial charge on any atom is -0.324 e. The molecule has 2 rings (SSSR count). The summed E-state index contributed by atoms with van der Waals surface area (Å²) in [5.74, 6) is 0.699. The van der Waals surface area contributed by atoms with Gasteiger partial charge in [0.2, 0.25) is 10.0 Å². The predicted molar refractivity (Wildman–Crippen MR) is 85.4 cm³/mol. The van der Waals surface area contributed by atoms with Gasteiger partial charge in [-0.25, -0.2) is 13.1 Å². The van der Waals surface area contributed by atoms with Gasteiger partial charge in [0.1, 0.15) is 0 Å². The lowest BCUT2D eigenvalue weighted by Crippen LogP contribution is -2.34. The van der Waals surface area contributed by atoms with E-state index in [9.17, 15) is 8.42 Å². The van der Waals surface area contributed by atoms with Crippen LogP contribution in [0.4, 0.5) is 0 Å². The average molecular weight is 310 g/mol. The monoisotopic (exact) mass is 310 g/mol. The summed E-state index contributed by atoms with van der Waals surface area (Å²) in [5, 5.41) is 0. The van der Waals surface area contributed by atoms with E-state index in [1.165, 1.54) is 6.42 Å². The van der Waals surface area contributed by atoms with Crippen molar-refractivity contribution in [3.8, 4) is 0 Å². The minimum absolute atomic E-state index is 0.0630. The van der Waals surface area contributed by atoms with Crippen LogP contribution in [0.1, 0.15) is 57.6 Å². The van der Waals surface area contributed by atoms with Crippen molar-refractivity contribution in [1.82, 2.24) is 4.72 Å². The Labute approximate surface area is 128 Å². The van der Waals surface area contributed by atoms with Crippen LogP contribution in [0.25, 0.3) is 0 Å². The van der Waals surface area contributed by atoms with Gasteiger partial charge in [-0.1, -0.05) is 31.9 Å². The van der Waals surface area contributed by atoms with Crippen LogP contribution in [-0.2, 0) is 10.0 Å². The average Bonchev–Trinajstić information content (AvgIpc) is 2.63. The summed E-state index contributed by atoms with van der Waals surface area (Å²) in [7, 11) is -3.43. The largest absolute Gasteiger partial charge is 0.324 e. The van der Waals surface area contributed by atoms with Crippen LogP contribution in [0.5, 0.6) is 0 Å². The molecule has 0 spiro atoms. The molecule has 1 aliphatic rings. The standard InChI is InChI=1S/C16H26N2O2S/c1-12-4-3-5-15(9-6-12)18-21(19,20)16-10-7-14(8-11-16)13(2)17/h7-8,10-13,15,18H,3-6,9,17H2,1-2H3. The highest BCUT2D eigenvalue weighted by atomic mass is 32.2. The van der Waals surface area contributed by atoms with Crippen LogP contribution in [0.3, 0.4) is 0 Å². The van der Waals surface area contributed by atoms with Crippen LogP contribution in [0, 0.1) is 5.92 Å². The molecule has 3 atom stereocenters. The summed E-state index contributed by atoms with van der Waals surface area (Å²) in [4.78, 5) is 0.323. The zero-order valence-corrected chi connectivity index (χ0v) is 13.7. The highest BCUT2D eigenvalue weighted by molar-refractivity contribution is 7.89. The third-order valence-corrected chi connectivity index (χ3v) is 5.83. The Bertz CT molecular complexity index is 552. The van der Waals surface area contributed by atoms with E-state index in [1.807, 2.05) is 6.92 Å². The molecular weight excluding hydrogens is 284 g/mol. The van der Waals surface area contributed by atoms with Gasteiger partial charge in [-0.2, -0.15) is 0 Å². The van der Waals surface area contributed by atoms with Gasteiger partial charge in [-0.3, -0.25) is 0 Å². The van der Waals surface area contributed by atoms with Crippen molar-refractivity contribution in [3.05, 3.63) is 29.8 Å². The SMILES string of the molecule is CC1CCCC(NS(=O)(=O)c2ccc(C(C)N)cc2)CC1. The summed E-state index contributed by atoms with van der Waals surface area (Å²) in [6.45, 7) is 4.12. The van der Waals surface area contributed by atoms with Gasteiger partial charge >= 0.3 is 0 Å². The summed E-state index contributed by atoms with van der Waals surface area (Å²) in [5.41, 5.74) is 6.73. The Morgan fingerprint density at radius 1 is 1.14 bits per heavy atom. The van der Waals surface area contributed by atoms with Crippen molar-refractivity contribution in [2.45, 2.75) is 62.9 Å². The molecule has 1 aromatic carbocycles. The predicted octanol–water partition coefficient (Wildman–Crippen LogP) is 2.95. The molecule has 5 heteroatoms. The van der Waals surface area contributed by atoms with E-state index in [-0.39, 0.29) is 12.1 Å². The maximum absolute atomic E-state index is 12.4. The van der Waals surface area contributed by atoms with Gasteiger partial charge in [0.25, 0.3) is 0 Å². The third-order valence-electron chi connectivity index (χ3n) is 4.30. The maximum atomic E-state index is 12.4. The number of sulfonamides is 1. The second-order valence-corrected chi connectivity index (χ2v) is 8.00. The van der Waals surface area contributed by atoms with E-state index in [4.69, 9.17) is 5.73 Å². The Balaban J connectivity index is 2.07. The fraction of sp³-hybridized carbons (Fsp3) is 0.625. The molecule has 3 unspecified atom stereocenters. The smallest absolute Gasteiger partial charge is 0.240 e. The molecule has 118 valence electrons. The zero-order valence-electron chi connectivity index (χ0n) is 12.9. The number of hydrogen-bond acceptors (Lipinski definition) is 3. The molecule has 1 aliphatic carbocycles. The molecule has 1 fully saturated rings. The molecule has 0 radical (unpaired) electrons. The first kappa shape index (κ1) is 16.5. The molecule has 0 heterocycles. The molecule has 21 heavy (non-hydrogen) atoms. The fourth-order valence-electron chi connectivity index (χ4n) is 2.84. The lowest BCUT2D eigenvalue weighted by Gasteiger charge is -2.17. The van der Waals surface area contributed by atoms with E-state index in [2.05, 4.69) is 11.6 Å². The van der Waals surface area contributed by atoms with E-state index in [0.717, 1.165) is 31.2 Å². The molecule has 0 bridgehead atoms. The topological polar surface area (TPSA) is 72.2 Å². The van der Waals surface area contributed by atoms with Gasteiger partial charge in [0.15, 0.2) is 0 Å². The van der Waals surface area contributed by atoms with Gasteiger partial charge in [-0.15, -0.1) is 0 Å². The normalized spacial score (nSPS) is 25.3. The highest BCUT2D eigenvalue weighted by Gasteiger charge is 2.22. The zero-order chi connectivity index (χ0) is 15.5. The second kappa shape index (κ2) is 6.90. The number of rotatable bonds is 4. The Kier molecular flexibility index (Phi) is 5.41. The first-order valence-corrected chi connectivity index (χ1v) is 9.24. The Hall–Kier alpha value is -0.910. The number of nitrogens with one attached hydrogen (secondary N) is 1. The molecule has 3 N–H and O–H groups in total. The van der Waals surface area contributed by atoms with Crippen LogP contribution < -0.4 is 10.5 Å².